The molecule has 0 aromatic heterocycles. The number of rotatable bonds is 4. The Kier molecular flexibility index (Phi) is 5.00. The first-order chi connectivity index (χ1) is 4.76. The van der Waals surface area contributed by atoms with Crippen LogP contribution in [0.1, 0.15) is 40.0 Å². The fraction of sp³-hybridized carbons (Fsp3) is 0.600. The second-order valence-electron chi connectivity index (χ2n) is 2.58. The van der Waals surface area contributed by atoms with Crippen LogP contribution in [0.15, 0.2) is 23.8 Å². The third kappa shape index (κ3) is 2.86. The molecule has 0 unspecified atom stereocenters. The molecule has 58 valence electrons. The van der Waals surface area contributed by atoms with Gasteiger partial charge in [0.15, 0.2) is 0 Å². The van der Waals surface area contributed by atoms with Crippen LogP contribution in [-0.2, 0) is 0 Å². The Hall–Kier alpha value is -0.520. The first-order valence-corrected chi connectivity index (χ1v) is 4.04. The van der Waals surface area contributed by atoms with Gasteiger partial charge in [-0.05, 0) is 26.2 Å². The van der Waals surface area contributed by atoms with Crippen molar-refractivity contribution in [3.8, 4) is 0 Å². The van der Waals surface area contributed by atoms with Gasteiger partial charge >= 0.3 is 0 Å². The van der Waals surface area contributed by atoms with E-state index < -0.39 is 0 Å². The van der Waals surface area contributed by atoms with Crippen LogP contribution in [0.4, 0.5) is 0 Å². The summed E-state index contributed by atoms with van der Waals surface area (Å²) in [7, 11) is 0. The number of allylic oxidation sites excluding steroid dienone is 3. The standard InChI is InChI=1S/C10H18/c1-5-8-10(7-3)9(4)6-2/h5H,1,6-8H2,2-4H3. The van der Waals surface area contributed by atoms with Gasteiger partial charge in [0.1, 0.15) is 0 Å². The molecule has 0 heterocycles. The molecule has 0 bridgehead atoms. The highest BCUT2D eigenvalue weighted by Gasteiger charge is 1.94. The molecule has 0 atom stereocenters. The third-order valence-electron chi connectivity index (χ3n) is 1.95. The van der Waals surface area contributed by atoms with Crippen molar-refractivity contribution in [1.82, 2.24) is 0 Å². The molecule has 0 aliphatic rings. The molecule has 0 aromatic carbocycles. The summed E-state index contributed by atoms with van der Waals surface area (Å²) in [5.74, 6) is 0. The van der Waals surface area contributed by atoms with Gasteiger partial charge in [0, 0.05) is 0 Å². The molecule has 0 aliphatic heterocycles. The Morgan fingerprint density at radius 1 is 1.30 bits per heavy atom. The molecular formula is C10H18. The number of hydrogen-bond acceptors (Lipinski definition) is 0. The molecule has 0 N–H and O–H groups in total. The quantitative estimate of drug-likeness (QED) is 0.520. The maximum absolute atomic E-state index is 3.73. The van der Waals surface area contributed by atoms with Crippen molar-refractivity contribution in [2.45, 2.75) is 40.0 Å². The minimum Gasteiger partial charge on any atom is -0.103 e. The van der Waals surface area contributed by atoms with Gasteiger partial charge in [0.05, 0.1) is 0 Å². The second-order valence-corrected chi connectivity index (χ2v) is 2.58. The summed E-state index contributed by atoms with van der Waals surface area (Å²) in [6.07, 6.45) is 5.40. The van der Waals surface area contributed by atoms with Gasteiger partial charge in [-0.3, -0.25) is 0 Å². The van der Waals surface area contributed by atoms with Gasteiger partial charge < -0.3 is 0 Å². The summed E-state index contributed by atoms with van der Waals surface area (Å²) in [6, 6.07) is 0. The van der Waals surface area contributed by atoms with Gasteiger partial charge in [-0.1, -0.05) is 31.1 Å². The van der Waals surface area contributed by atoms with E-state index >= 15 is 0 Å². The van der Waals surface area contributed by atoms with E-state index in [4.69, 9.17) is 0 Å². The van der Waals surface area contributed by atoms with Crippen LogP contribution < -0.4 is 0 Å². The lowest BCUT2D eigenvalue weighted by atomic mass is 10.0. The van der Waals surface area contributed by atoms with Crippen molar-refractivity contribution in [3.63, 3.8) is 0 Å². The molecule has 0 rings (SSSR count). The largest absolute Gasteiger partial charge is 0.103 e. The van der Waals surface area contributed by atoms with E-state index in [1.807, 2.05) is 6.08 Å². The van der Waals surface area contributed by atoms with Crippen LogP contribution in [-0.4, -0.2) is 0 Å². The smallest absolute Gasteiger partial charge is 0.0139 e. The molecule has 10 heavy (non-hydrogen) atoms. The normalized spacial score (nSPS) is 12.7. The minimum atomic E-state index is 1.07. The van der Waals surface area contributed by atoms with Crippen molar-refractivity contribution in [2.24, 2.45) is 0 Å². The lowest BCUT2D eigenvalue weighted by Crippen LogP contribution is -1.84. The van der Waals surface area contributed by atoms with Gasteiger partial charge in [-0.25, -0.2) is 0 Å². The maximum Gasteiger partial charge on any atom is -0.0139 e. The molecule has 0 aliphatic carbocycles. The Bertz CT molecular complexity index is 129. The van der Waals surface area contributed by atoms with Crippen molar-refractivity contribution in [2.75, 3.05) is 0 Å². The lowest BCUT2D eigenvalue weighted by molar-refractivity contribution is 0.946. The minimum absolute atomic E-state index is 1.07. The van der Waals surface area contributed by atoms with Crippen LogP contribution in [0.3, 0.4) is 0 Å². The molecule has 0 saturated heterocycles. The molecule has 0 aromatic rings. The van der Waals surface area contributed by atoms with Gasteiger partial charge in [-0.2, -0.15) is 0 Å². The van der Waals surface area contributed by atoms with Crippen LogP contribution in [0.2, 0.25) is 0 Å². The Labute approximate surface area is 64.6 Å². The van der Waals surface area contributed by atoms with E-state index in [-0.39, 0.29) is 0 Å². The summed E-state index contributed by atoms with van der Waals surface area (Å²) >= 11 is 0. The van der Waals surface area contributed by atoms with E-state index in [0.717, 1.165) is 6.42 Å². The van der Waals surface area contributed by atoms with Gasteiger partial charge in [0.2, 0.25) is 0 Å². The van der Waals surface area contributed by atoms with E-state index in [9.17, 15) is 0 Å². The van der Waals surface area contributed by atoms with Crippen molar-refractivity contribution in [3.05, 3.63) is 23.8 Å². The predicted octanol–water partition coefficient (Wildman–Crippen LogP) is 3.70. The zero-order valence-corrected chi connectivity index (χ0v) is 7.41. The van der Waals surface area contributed by atoms with Crippen molar-refractivity contribution >= 4 is 0 Å². The summed E-state index contributed by atoms with van der Waals surface area (Å²) in [6.45, 7) is 10.4. The van der Waals surface area contributed by atoms with Crippen LogP contribution in [0.5, 0.6) is 0 Å². The van der Waals surface area contributed by atoms with Gasteiger partial charge in [0.25, 0.3) is 0 Å². The maximum atomic E-state index is 3.73. The predicted molar refractivity (Wildman–Crippen MR) is 48.1 cm³/mol. The van der Waals surface area contributed by atoms with E-state index in [1.54, 1.807) is 5.57 Å². The molecule has 0 nitrogen and oxygen atoms in total. The molecule has 0 spiro atoms. The monoisotopic (exact) mass is 138 g/mol. The van der Waals surface area contributed by atoms with Crippen molar-refractivity contribution in [1.29, 1.82) is 0 Å². The SMILES string of the molecule is C=CCC(CC)=C(C)CC. The molecule has 0 radical (unpaired) electrons. The summed E-state index contributed by atoms with van der Waals surface area (Å²) in [5, 5.41) is 0. The molecule has 0 fully saturated rings. The zero-order valence-electron chi connectivity index (χ0n) is 7.41. The fourth-order valence-corrected chi connectivity index (χ4v) is 1.04. The first kappa shape index (κ1) is 9.48. The Balaban J connectivity index is 4.13. The summed E-state index contributed by atoms with van der Waals surface area (Å²) in [4.78, 5) is 0. The van der Waals surface area contributed by atoms with Crippen molar-refractivity contribution < 1.29 is 0 Å². The van der Waals surface area contributed by atoms with E-state index in [2.05, 4.69) is 27.4 Å². The van der Waals surface area contributed by atoms with E-state index in [1.165, 1.54) is 18.4 Å². The zero-order chi connectivity index (χ0) is 7.98. The molecule has 0 heteroatoms. The highest BCUT2D eigenvalue weighted by Crippen LogP contribution is 2.15. The fourth-order valence-electron chi connectivity index (χ4n) is 1.04. The highest BCUT2D eigenvalue weighted by molar-refractivity contribution is 5.13. The molecule has 0 saturated carbocycles. The van der Waals surface area contributed by atoms with E-state index in [0.29, 0.717) is 0 Å². The summed E-state index contributed by atoms with van der Waals surface area (Å²) in [5.41, 5.74) is 3.08. The topological polar surface area (TPSA) is 0 Å². The average Bonchev–Trinajstić information content (AvgIpc) is 1.99. The number of hydrogen-bond donors (Lipinski definition) is 0. The third-order valence-corrected chi connectivity index (χ3v) is 1.95. The first-order valence-electron chi connectivity index (χ1n) is 4.04. The average molecular weight is 138 g/mol. The highest BCUT2D eigenvalue weighted by atomic mass is 14.0. The van der Waals surface area contributed by atoms with Crippen LogP contribution in [0, 0.1) is 0 Å². The molecular weight excluding hydrogens is 120 g/mol. The Morgan fingerprint density at radius 3 is 2.20 bits per heavy atom. The van der Waals surface area contributed by atoms with Crippen LogP contribution in [0.25, 0.3) is 0 Å². The summed E-state index contributed by atoms with van der Waals surface area (Å²) < 4.78 is 0. The Morgan fingerprint density at radius 2 is 1.90 bits per heavy atom. The van der Waals surface area contributed by atoms with Gasteiger partial charge in [-0.15, -0.1) is 6.58 Å². The molecule has 0 amide bonds. The lowest BCUT2D eigenvalue weighted by Gasteiger charge is -2.04. The second kappa shape index (κ2) is 5.28. The van der Waals surface area contributed by atoms with Crippen LogP contribution >= 0.6 is 0 Å².